The van der Waals surface area contributed by atoms with E-state index in [1.807, 2.05) is 68.4 Å². The lowest BCUT2D eigenvalue weighted by Gasteiger charge is -2.18. The first-order chi connectivity index (χ1) is 11.0. The maximum absolute atomic E-state index is 12.2. The Hall–Kier alpha value is -2.33. The van der Waals surface area contributed by atoms with Crippen molar-refractivity contribution in [3.8, 4) is 5.75 Å². The van der Waals surface area contributed by atoms with E-state index in [0.29, 0.717) is 12.2 Å². The lowest BCUT2D eigenvalue weighted by atomic mass is 10.2. The van der Waals surface area contributed by atoms with Crippen molar-refractivity contribution in [3.05, 3.63) is 65.7 Å². The fraction of sp³-hybridized carbons (Fsp3) is 0.316. The molecule has 0 aromatic heterocycles. The summed E-state index contributed by atoms with van der Waals surface area (Å²) in [6.07, 6.45) is 0. The van der Waals surface area contributed by atoms with Gasteiger partial charge in [-0.15, -0.1) is 0 Å². The quantitative estimate of drug-likeness (QED) is 0.854. The van der Waals surface area contributed by atoms with Crippen LogP contribution >= 0.6 is 0 Å². The number of amides is 1. The standard InChI is InChI=1S/C19H24N2O2/c1-15(13-21(2)3)20-19(22)17-9-11-18(12-10-17)23-14-16-7-5-4-6-8-16/h4-12,15H,13-14H2,1-3H3,(H,20,22)/t15-/m0/s1. The molecule has 2 rings (SSSR count). The minimum atomic E-state index is -0.0611. The van der Waals surface area contributed by atoms with Crippen LogP contribution in [0.2, 0.25) is 0 Å². The van der Waals surface area contributed by atoms with Crippen LogP contribution < -0.4 is 10.1 Å². The summed E-state index contributed by atoms with van der Waals surface area (Å²) in [6, 6.07) is 17.3. The Morgan fingerprint density at radius 1 is 1.09 bits per heavy atom. The Labute approximate surface area is 138 Å². The maximum atomic E-state index is 12.2. The van der Waals surface area contributed by atoms with Crippen molar-refractivity contribution in [2.75, 3.05) is 20.6 Å². The van der Waals surface area contributed by atoms with E-state index in [9.17, 15) is 4.79 Å². The van der Waals surface area contributed by atoms with Gasteiger partial charge in [-0.1, -0.05) is 30.3 Å². The van der Waals surface area contributed by atoms with Gasteiger partial charge in [-0.3, -0.25) is 4.79 Å². The number of carbonyl (C=O) groups excluding carboxylic acids is 1. The third-order valence-corrected chi connectivity index (χ3v) is 3.38. The Balaban J connectivity index is 1.87. The number of ether oxygens (including phenoxy) is 1. The van der Waals surface area contributed by atoms with Crippen LogP contribution in [0.3, 0.4) is 0 Å². The molecule has 2 aromatic carbocycles. The first-order valence-electron chi connectivity index (χ1n) is 7.77. The second-order valence-corrected chi connectivity index (χ2v) is 5.94. The average Bonchev–Trinajstić information content (AvgIpc) is 2.53. The van der Waals surface area contributed by atoms with Gasteiger partial charge in [0.2, 0.25) is 0 Å². The van der Waals surface area contributed by atoms with Gasteiger partial charge in [0.15, 0.2) is 0 Å². The normalized spacial score (nSPS) is 12.0. The van der Waals surface area contributed by atoms with Gasteiger partial charge in [0.1, 0.15) is 12.4 Å². The highest BCUT2D eigenvalue weighted by molar-refractivity contribution is 5.94. The third kappa shape index (κ3) is 5.75. The van der Waals surface area contributed by atoms with E-state index in [1.165, 1.54) is 0 Å². The third-order valence-electron chi connectivity index (χ3n) is 3.38. The Morgan fingerprint density at radius 2 is 1.74 bits per heavy atom. The van der Waals surface area contributed by atoms with Crippen LogP contribution in [0.25, 0.3) is 0 Å². The van der Waals surface area contributed by atoms with E-state index in [-0.39, 0.29) is 11.9 Å². The van der Waals surface area contributed by atoms with Gasteiger partial charge in [0.25, 0.3) is 5.91 Å². The summed E-state index contributed by atoms with van der Waals surface area (Å²) < 4.78 is 5.72. The van der Waals surface area contributed by atoms with Gasteiger partial charge in [0.05, 0.1) is 0 Å². The molecule has 0 heterocycles. The van der Waals surface area contributed by atoms with Crippen LogP contribution in [-0.4, -0.2) is 37.5 Å². The van der Waals surface area contributed by atoms with E-state index < -0.39 is 0 Å². The van der Waals surface area contributed by atoms with Gasteiger partial charge >= 0.3 is 0 Å². The fourth-order valence-electron chi connectivity index (χ4n) is 2.34. The molecule has 0 aliphatic rings. The van der Waals surface area contributed by atoms with E-state index in [4.69, 9.17) is 4.74 Å². The molecule has 0 saturated carbocycles. The number of benzene rings is 2. The smallest absolute Gasteiger partial charge is 0.251 e. The lowest BCUT2D eigenvalue weighted by Crippen LogP contribution is -2.39. The van der Waals surface area contributed by atoms with Gasteiger partial charge < -0.3 is 15.0 Å². The van der Waals surface area contributed by atoms with Crippen molar-refractivity contribution in [1.82, 2.24) is 10.2 Å². The van der Waals surface area contributed by atoms with Crippen molar-refractivity contribution >= 4 is 5.91 Å². The van der Waals surface area contributed by atoms with E-state index >= 15 is 0 Å². The monoisotopic (exact) mass is 312 g/mol. The first kappa shape index (κ1) is 17.0. The minimum Gasteiger partial charge on any atom is -0.489 e. The van der Waals surface area contributed by atoms with E-state index in [2.05, 4.69) is 5.32 Å². The number of nitrogens with one attached hydrogen (secondary N) is 1. The molecule has 0 fully saturated rings. The van der Waals surface area contributed by atoms with Crippen molar-refractivity contribution in [3.63, 3.8) is 0 Å². The molecule has 1 N–H and O–H groups in total. The first-order valence-corrected chi connectivity index (χ1v) is 7.77. The number of rotatable bonds is 7. The van der Waals surface area contributed by atoms with Gasteiger partial charge in [-0.2, -0.15) is 0 Å². The highest BCUT2D eigenvalue weighted by atomic mass is 16.5. The van der Waals surface area contributed by atoms with Crippen LogP contribution in [-0.2, 0) is 6.61 Å². The molecule has 0 aliphatic carbocycles. The predicted octanol–water partition coefficient (Wildman–Crippen LogP) is 2.95. The number of likely N-dealkylation sites (N-methyl/N-ethyl adjacent to an activating group) is 1. The molecule has 0 aliphatic heterocycles. The molecule has 0 radical (unpaired) electrons. The number of carbonyl (C=O) groups is 1. The lowest BCUT2D eigenvalue weighted by molar-refractivity contribution is 0.0934. The van der Waals surface area contributed by atoms with Gasteiger partial charge in [0, 0.05) is 18.2 Å². The second-order valence-electron chi connectivity index (χ2n) is 5.94. The molecule has 1 atom stereocenters. The van der Waals surface area contributed by atoms with Crippen molar-refractivity contribution in [1.29, 1.82) is 0 Å². The Kier molecular flexibility index (Phi) is 6.18. The molecular formula is C19H24N2O2. The highest BCUT2D eigenvalue weighted by Crippen LogP contribution is 2.14. The van der Waals surface area contributed by atoms with Crippen LogP contribution in [0, 0.1) is 0 Å². The molecule has 0 saturated heterocycles. The van der Waals surface area contributed by atoms with Gasteiger partial charge in [-0.05, 0) is 50.8 Å². The van der Waals surface area contributed by atoms with E-state index in [0.717, 1.165) is 17.9 Å². The van der Waals surface area contributed by atoms with Crippen molar-refractivity contribution < 1.29 is 9.53 Å². The fourth-order valence-corrected chi connectivity index (χ4v) is 2.34. The summed E-state index contributed by atoms with van der Waals surface area (Å²) in [5.74, 6) is 0.695. The average molecular weight is 312 g/mol. The van der Waals surface area contributed by atoms with Crippen LogP contribution in [0.5, 0.6) is 5.75 Å². The van der Waals surface area contributed by atoms with Crippen LogP contribution in [0.15, 0.2) is 54.6 Å². The largest absolute Gasteiger partial charge is 0.489 e. The van der Waals surface area contributed by atoms with Gasteiger partial charge in [-0.25, -0.2) is 0 Å². The second kappa shape index (κ2) is 8.34. The zero-order valence-corrected chi connectivity index (χ0v) is 14.0. The number of hydrogen-bond acceptors (Lipinski definition) is 3. The molecule has 0 bridgehead atoms. The minimum absolute atomic E-state index is 0.0611. The summed E-state index contributed by atoms with van der Waals surface area (Å²) in [4.78, 5) is 14.2. The molecule has 1 amide bonds. The molecule has 122 valence electrons. The molecule has 23 heavy (non-hydrogen) atoms. The number of hydrogen-bond donors (Lipinski definition) is 1. The summed E-state index contributed by atoms with van der Waals surface area (Å²) in [5.41, 5.74) is 1.76. The van der Waals surface area contributed by atoms with Crippen LogP contribution in [0.1, 0.15) is 22.8 Å². The summed E-state index contributed by atoms with van der Waals surface area (Å²) >= 11 is 0. The number of nitrogens with zero attached hydrogens (tertiary/aromatic N) is 1. The molecule has 4 heteroatoms. The van der Waals surface area contributed by atoms with E-state index in [1.54, 1.807) is 12.1 Å². The summed E-state index contributed by atoms with van der Waals surface area (Å²) in [6.45, 7) is 3.32. The SMILES string of the molecule is C[C@@H](CN(C)C)NC(=O)c1ccc(OCc2ccccc2)cc1. The maximum Gasteiger partial charge on any atom is 0.251 e. The molecule has 0 spiro atoms. The Bertz CT molecular complexity index is 609. The Morgan fingerprint density at radius 3 is 2.35 bits per heavy atom. The summed E-state index contributed by atoms with van der Waals surface area (Å²) in [7, 11) is 3.98. The van der Waals surface area contributed by atoms with Crippen LogP contribution in [0.4, 0.5) is 0 Å². The van der Waals surface area contributed by atoms with Crippen molar-refractivity contribution in [2.45, 2.75) is 19.6 Å². The topological polar surface area (TPSA) is 41.6 Å². The summed E-state index contributed by atoms with van der Waals surface area (Å²) in [5, 5.41) is 2.98. The molecule has 4 nitrogen and oxygen atoms in total. The highest BCUT2D eigenvalue weighted by Gasteiger charge is 2.10. The molecule has 0 unspecified atom stereocenters. The zero-order chi connectivity index (χ0) is 16.7. The predicted molar refractivity (Wildman–Crippen MR) is 92.7 cm³/mol. The molecule has 2 aromatic rings. The van der Waals surface area contributed by atoms with Crippen molar-refractivity contribution in [2.24, 2.45) is 0 Å². The zero-order valence-electron chi connectivity index (χ0n) is 14.0. The molecular weight excluding hydrogens is 288 g/mol.